The van der Waals surface area contributed by atoms with Crippen molar-refractivity contribution in [1.29, 1.82) is 0 Å². The molecule has 0 heterocycles. The zero-order chi connectivity index (χ0) is 15.5. The summed E-state index contributed by atoms with van der Waals surface area (Å²) in [5, 5.41) is 10.1. The molecule has 0 amide bonds. The van der Waals surface area contributed by atoms with Crippen molar-refractivity contribution in [3.05, 3.63) is 29.8 Å². The van der Waals surface area contributed by atoms with E-state index >= 15 is 0 Å². The molecule has 0 aliphatic carbocycles. The van der Waals surface area contributed by atoms with E-state index < -0.39 is 6.10 Å². The molecule has 21 heavy (non-hydrogen) atoms. The van der Waals surface area contributed by atoms with E-state index in [-0.39, 0.29) is 12.4 Å². The Morgan fingerprint density at radius 3 is 2.76 bits per heavy atom. The average Bonchev–Trinajstić information content (AvgIpc) is 2.51. The van der Waals surface area contributed by atoms with Crippen LogP contribution in [0.15, 0.2) is 24.3 Å². The largest absolute Gasteiger partial charge is 0.494 e. The molecule has 1 N–H and O–H groups in total. The number of carbonyl (C=O) groups is 1. The van der Waals surface area contributed by atoms with Gasteiger partial charge in [0.1, 0.15) is 5.75 Å². The molecule has 1 unspecified atom stereocenters. The highest BCUT2D eigenvalue weighted by atomic mass is 16.5. The van der Waals surface area contributed by atoms with Gasteiger partial charge in [-0.05, 0) is 37.0 Å². The van der Waals surface area contributed by atoms with Crippen LogP contribution in [-0.4, -0.2) is 24.3 Å². The first kappa shape index (κ1) is 17.5. The molecule has 0 aromatic heterocycles. The molecule has 0 saturated carbocycles. The molecule has 1 rings (SSSR count). The van der Waals surface area contributed by atoms with Gasteiger partial charge in [0, 0.05) is 6.42 Å². The second-order valence-electron chi connectivity index (χ2n) is 5.05. The number of esters is 1. The Morgan fingerprint density at radius 1 is 1.24 bits per heavy atom. The molecule has 1 aromatic carbocycles. The van der Waals surface area contributed by atoms with Gasteiger partial charge in [-0.25, -0.2) is 0 Å². The lowest BCUT2D eigenvalue weighted by molar-refractivity contribution is -0.144. The Bertz CT molecular complexity index is 417. The third kappa shape index (κ3) is 7.14. The smallest absolute Gasteiger partial charge is 0.305 e. The van der Waals surface area contributed by atoms with Gasteiger partial charge in [-0.15, -0.1) is 0 Å². The Labute approximate surface area is 127 Å². The molecule has 0 spiro atoms. The summed E-state index contributed by atoms with van der Waals surface area (Å²) in [7, 11) is 0. The summed E-state index contributed by atoms with van der Waals surface area (Å²) < 4.78 is 10.6. The van der Waals surface area contributed by atoms with Crippen LogP contribution in [0.5, 0.6) is 5.75 Å². The molecular formula is C17H26O4. The van der Waals surface area contributed by atoms with Gasteiger partial charge in [0.05, 0.1) is 19.3 Å². The Morgan fingerprint density at radius 2 is 2.05 bits per heavy atom. The molecule has 118 valence electrons. The fourth-order valence-corrected chi connectivity index (χ4v) is 1.86. The van der Waals surface area contributed by atoms with Crippen molar-refractivity contribution in [3.63, 3.8) is 0 Å². The van der Waals surface area contributed by atoms with Crippen LogP contribution in [0.3, 0.4) is 0 Å². The first-order valence-corrected chi connectivity index (χ1v) is 7.73. The normalized spacial score (nSPS) is 12.0. The SMILES string of the molecule is CCCCOC(=O)CCC(O)c1cccc(OCCC)c1. The Balaban J connectivity index is 2.40. The number of hydrogen-bond donors (Lipinski definition) is 1. The van der Waals surface area contributed by atoms with E-state index in [0.717, 1.165) is 30.6 Å². The van der Waals surface area contributed by atoms with Gasteiger partial charge >= 0.3 is 5.97 Å². The number of carbonyl (C=O) groups excluding carboxylic acids is 1. The summed E-state index contributed by atoms with van der Waals surface area (Å²) in [4.78, 5) is 11.5. The van der Waals surface area contributed by atoms with Gasteiger partial charge in [-0.3, -0.25) is 4.79 Å². The monoisotopic (exact) mass is 294 g/mol. The predicted molar refractivity (Wildman–Crippen MR) is 82.3 cm³/mol. The quantitative estimate of drug-likeness (QED) is 0.529. The second-order valence-corrected chi connectivity index (χ2v) is 5.05. The van der Waals surface area contributed by atoms with Crippen LogP contribution in [0.25, 0.3) is 0 Å². The van der Waals surface area contributed by atoms with Gasteiger partial charge in [-0.2, -0.15) is 0 Å². The van der Waals surface area contributed by atoms with Crippen molar-refractivity contribution >= 4 is 5.97 Å². The third-order valence-electron chi connectivity index (χ3n) is 3.10. The summed E-state index contributed by atoms with van der Waals surface area (Å²) in [5.74, 6) is 0.500. The van der Waals surface area contributed by atoms with E-state index in [1.54, 1.807) is 0 Å². The van der Waals surface area contributed by atoms with Gasteiger partial charge in [-0.1, -0.05) is 32.4 Å². The molecule has 0 radical (unpaired) electrons. The lowest BCUT2D eigenvalue weighted by atomic mass is 10.0. The molecule has 0 aliphatic heterocycles. The first-order valence-electron chi connectivity index (χ1n) is 7.73. The summed E-state index contributed by atoms with van der Waals surface area (Å²) in [6.07, 6.45) is 2.74. The molecule has 0 fully saturated rings. The fourth-order valence-electron chi connectivity index (χ4n) is 1.86. The maximum Gasteiger partial charge on any atom is 0.305 e. The van der Waals surface area contributed by atoms with Gasteiger partial charge < -0.3 is 14.6 Å². The van der Waals surface area contributed by atoms with Crippen molar-refractivity contribution < 1.29 is 19.4 Å². The zero-order valence-electron chi connectivity index (χ0n) is 13.0. The molecule has 1 atom stereocenters. The molecule has 0 aliphatic rings. The number of aliphatic hydroxyl groups excluding tert-OH is 1. The number of unbranched alkanes of at least 4 members (excludes halogenated alkanes) is 1. The lowest BCUT2D eigenvalue weighted by Gasteiger charge is -2.12. The predicted octanol–water partition coefficient (Wildman–Crippen LogP) is 3.63. The maximum atomic E-state index is 11.5. The van der Waals surface area contributed by atoms with E-state index in [1.165, 1.54) is 0 Å². The Hall–Kier alpha value is -1.55. The van der Waals surface area contributed by atoms with E-state index in [2.05, 4.69) is 0 Å². The molecule has 0 bridgehead atoms. The van der Waals surface area contributed by atoms with Crippen molar-refractivity contribution in [3.8, 4) is 5.75 Å². The number of rotatable bonds is 10. The second kappa shape index (κ2) is 10.2. The molecule has 0 saturated heterocycles. The van der Waals surface area contributed by atoms with E-state index in [9.17, 15) is 9.90 Å². The van der Waals surface area contributed by atoms with Crippen LogP contribution in [-0.2, 0) is 9.53 Å². The standard InChI is InChI=1S/C17H26O4/c1-3-5-12-21-17(19)10-9-16(18)14-7-6-8-15(13-14)20-11-4-2/h6-8,13,16,18H,3-5,9-12H2,1-2H3. The number of ether oxygens (including phenoxy) is 2. The highest BCUT2D eigenvalue weighted by Crippen LogP contribution is 2.23. The zero-order valence-corrected chi connectivity index (χ0v) is 13.0. The molecule has 1 aromatic rings. The van der Waals surface area contributed by atoms with Crippen molar-refractivity contribution in [2.45, 2.75) is 52.1 Å². The minimum absolute atomic E-state index is 0.227. The van der Waals surface area contributed by atoms with E-state index in [0.29, 0.717) is 19.6 Å². The first-order chi connectivity index (χ1) is 10.2. The third-order valence-corrected chi connectivity index (χ3v) is 3.10. The fraction of sp³-hybridized carbons (Fsp3) is 0.588. The highest BCUT2D eigenvalue weighted by molar-refractivity contribution is 5.69. The van der Waals surface area contributed by atoms with Crippen molar-refractivity contribution in [1.82, 2.24) is 0 Å². The van der Waals surface area contributed by atoms with Crippen LogP contribution in [0.4, 0.5) is 0 Å². The van der Waals surface area contributed by atoms with Crippen molar-refractivity contribution in [2.75, 3.05) is 13.2 Å². The van der Waals surface area contributed by atoms with E-state index in [4.69, 9.17) is 9.47 Å². The van der Waals surface area contributed by atoms with Crippen LogP contribution in [0, 0.1) is 0 Å². The number of hydrogen-bond acceptors (Lipinski definition) is 4. The lowest BCUT2D eigenvalue weighted by Crippen LogP contribution is -2.08. The highest BCUT2D eigenvalue weighted by Gasteiger charge is 2.12. The minimum Gasteiger partial charge on any atom is -0.494 e. The van der Waals surface area contributed by atoms with Gasteiger partial charge in [0.15, 0.2) is 0 Å². The Kier molecular flexibility index (Phi) is 8.51. The van der Waals surface area contributed by atoms with Crippen LogP contribution >= 0.6 is 0 Å². The van der Waals surface area contributed by atoms with Crippen molar-refractivity contribution in [2.24, 2.45) is 0 Å². The van der Waals surface area contributed by atoms with Crippen LogP contribution in [0.1, 0.15) is 57.6 Å². The summed E-state index contributed by atoms with van der Waals surface area (Å²) in [5.41, 5.74) is 0.768. The topological polar surface area (TPSA) is 55.8 Å². The molecular weight excluding hydrogens is 268 g/mol. The maximum absolute atomic E-state index is 11.5. The minimum atomic E-state index is -0.672. The number of benzene rings is 1. The number of aliphatic hydroxyl groups is 1. The average molecular weight is 294 g/mol. The van der Waals surface area contributed by atoms with Crippen LogP contribution in [0.2, 0.25) is 0 Å². The van der Waals surface area contributed by atoms with E-state index in [1.807, 2.05) is 38.1 Å². The van der Waals surface area contributed by atoms with Gasteiger partial charge in [0.25, 0.3) is 0 Å². The summed E-state index contributed by atoms with van der Waals surface area (Å²) >= 11 is 0. The summed E-state index contributed by atoms with van der Waals surface area (Å²) in [6, 6.07) is 7.38. The van der Waals surface area contributed by atoms with Crippen LogP contribution < -0.4 is 4.74 Å². The summed E-state index contributed by atoms with van der Waals surface area (Å²) in [6.45, 7) is 5.21. The molecule has 4 heteroatoms. The molecule has 4 nitrogen and oxygen atoms in total. The van der Waals surface area contributed by atoms with Gasteiger partial charge in [0.2, 0.25) is 0 Å².